The summed E-state index contributed by atoms with van der Waals surface area (Å²) in [6.45, 7) is 0. The lowest BCUT2D eigenvalue weighted by Crippen LogP contribution is -1.91. The van der Waals surface area contributed by atoms with Crippen molar-refractivity contribution in [3.05, 3.63) is 485 Å². The van der Waals surface area contributed by atoms with Gasteiger partial charge in [-0.05, 0) is 218 Å². The quantitative estimate of drug-likeness (QED) is 0.121. The monoisotopic (exact) mass is 1670 g/mol. The van der Waals surface area contributed by atoms with E-state index in [1.807, 2.05) is 218 Å². The molecule has 0 amide bonds. The molecule has 23 aromatic carbocycles. The highest BCUT2D eigenvalue weighted by molar-refractivity contribution is 6.26. The first-order chi connectivity index (χ1) is 70.3. The zero-order valence-corrected chi connectivity index (χ0v) is 69.3. The highest BCUT2D eigenvalue weighted by Gasteiger charge is 2.25. The molecule has 0 fully saturated rings. The third kappa shape index (κ3) is 13.5. The van der Waals surface area contributed by atoms with E-state index in [9.17, 15) is 0 Å². The van der Waals surface area contributed by atoms with E-state index in [2.05, 4.69) is 176 Å². The maximum absolute atomic E-state index is 8.84. The summed E-state index contributed by atoms with van der Waals surface area (Å²) in [7, 11) is 0. The second-order valence-electron chi connectivity index (χ2n) is 32.2. The fraction of sp³-hybridized carbons (Fsp3) is 0.00787. The molecule has 0 aliphatic heterocycles. The van der Waals surface area contributed by atoms with Gasteiger partial charge in [-0.3, -0.25) is 0 Å². The molecule has 0 atom stereocenters. The number of benzene rings is 23. The zero-order chi connectivity index (χ0) is 98.3. The number of rotatable bonds is 11. The van der Waals surface area contributed by atoms with E-state index < -0.39 is 18.1 Å². The topological polar surface area (TPSA) is 39.4 Å². The van der Waals surface area contributed by atoms with Gasteiger partial charge >= 0.3 is 0 Å². The maximum Gasteiger partial charge on any atom is 0.136 e. The van der Waals surface area contributed by atoms with Gasteiger partial charge in [0, 0.05) is 37.9 Å². The average molecular weight is 1670 g/mol. The molecule has 3 heterocycles. The second-order valence-corrected chi connectivity index (χ2v) is 32.2. The molecule has 26 rings (SSSR count). The first-order valence-electron chi connectivity index (χ1n) is 50.5. The Kier molecular flexibility index (Phi) is 16.1. The number of hydrogen-bond donors (Lipinski definition) is 0. The molecule has 0 saturated heterocycles. The maximum atomic E-state index is 8.84. The van der Waals surface area contributed by atoms with Crippen LogP contribution in [0.2, 0.25) is 0 Å². The zero-order valence-electron chi connectivity index (χ0n) is 84.3. The van der Waals surface area contributed by atoms with Crippen molar-refractivity contribution in [2.75, 3.05) is 0 Å². The molecule has 26 aromatic rings. The lowest BCUT2D eigenvalue weighted by Gasteiger charge is -2.18. The van der Waals surface area contributed by atoms with Crippen LogP contribution in [0, 0.1) is 0 Å². The lowest BCUT2D eigenvalue weighted by atomic mass is 9.85. The number of hydrogen-bond acceptors (Lipinski definition) is 3. The van der Waals surface area contributed by atoms with Crippen molar-refractivity contribution in [1.29, 1.82) is 0 Å². The van der Waals surface area contributed by atoms with Crippen molar-refractivity contribution in [3.63, 3.8) is 0 Å². The molecule has 3 heteroatoms. The minimum Gasteiger partial charge on any atom is -0.456 e. The van der Waals surface area contributed by atoms with Crippen LogP contribution >= 0.6 is 0 Å². The number of fused-ring (bicyclic) bond motifs is 15. The summed E-state index contributed by atoms with van der Waals surface area (Å²) < 4.78 is 146. The Balaban J connectivity index is 0.000000120. The molecule has 0 unspecified atom stereocenters. The molecule has 0 N–H and O–H groups in total. The van der Waals surface area contributed by atoms with Crippen molar-refractivity contribution in [1.82, 2.24) is 0 Å². The van der Waals surface area contributed by atoms with Crippen LogP contribution in [0.5, 0.6) is 0 Å². The van der Waals surface area contributed by atoms with E-state index in [1.54, 1.807) is 0 Å². The Morgan fingerprint density at radius 1 is 0.131 bits per heavy atom. The van der Waals surface area contributed by atoms with Crippen molar-refractivity contribution >= 4 is 130 Å². The van der Waals surface area contributed by atoms with Gasteiger partial charge in [0.2, 0.25) is 0 Å². The predicted octanol–water partition coefficient (Wildman–Crippen LogP) is 36.7. The first kappa shape index (κ1) is 63.0. The largest absolute Gasteiger partial charge is 0.456 e. The van der Waals surface area contributed by atoms with Gasteiger partial charge in [0.25, 0.3) is 0 Å². The van der Waals surface area contributed by atoms with Gasteiger partial charge < -0.3 is 13.3 Å². The Hall–Kier alpha value is -17.0. The van der Waals surface area contributed by atoms with Crippen LogP contribution in [0.3, 0.4) is 0 Å². The molecular weight excluding hydrogens is 1570 g/mol. The Morgan fingerprint density at radius 3 is 0.669 bits per heavy atom. The van der Waals surface area contributed by atoms with Crippen molar-refractivity contribution in [2.24, 2.45) is 0 Å². The van der Waals surface area contributed by atoms with Gasteiger partial charge in [0.1, 0.15) is 33.5 Å². The summed E-state index contributed by atoms with van der Waals surface area (Å²) in [5.41, 5.74) is 24.8. The van der Waals surface area contributed by atoms with Gasteiger partial charge in [0.15, 0.2) is 0 Å². The highest BCUT2D eigenvalue weighted by Crippen LogP contribution is 2.51. The summed E-state index contributed by atoms with van der Waals surface area (Å²) in [6, 6.07) is 129. The molecular formula is C127H84O3. The van der Waals surface area contributed by atoms with Crippen LogP contribution in [0.15, 0.2) is 498 Å². The Bertz CT molecular complexity index is 9560. The molecule has 0 aliphatic rings. The average Bonchev–Trinajstić information content (AvgIpc) is 1.69. The Labute approximate surface area is 774 Å². The lowest BCUT2D eigenvalue weighted by molar-refractivity contribution is 0.668. The fourth-order valence-electron chi connectivity index (χ4n) is 19.6. The van der Waals surface area contributed by atoms with Gasteiger partial charge in [-0.2, -0.15) is 0 Å². The molecule has 0 radical (unpaired) electrons. The van der Waals surface area contributed by atoms with Crippen molar-refractivity contribution in [2.45, 2.75) is 7.43 Å². The van der Waals surface area contributed by atoms with Gasteiger partial charge in [-0.15, -0.1) is 0 Å². The predicted molar refractivity (Wildman–Crippen MR) is 553 cm³/mol. The Morgan fingerprint density at radius 2 is 0.346 bits per heavy atom. The first-order valence-corrected chi connectivity index (χ1v) is 43.0. The fourth-order valence-corrected chi connectivity index (χ4v) is 19.6. The summed E-state index contributed by atoms with van der Waals surface area (Å²) in [5.74, 6) is 0. The molecule has 0 spiro atoms. The van der Waals surface area contributed by atoms with Crippen LogP contribution in [0.1, 0.15) is 28.0 Å². The van der Waals surface area contributed by atoms with Crippen LogP contribution in [-0.4, -0.2) is 0 Å². The van der Waals surface area contributed by atoms with Crippen LogP contribution in [-0.2, 0) is 0 Å². The molecule has 0 aliphatic carbocycles. The smallest absolute Gasteiger partial charge is 0.136 e. The van der Waals surface area contributed by atoms with E-state index in [1.165, 1.54) is 0 Å². The molecule has 0 saturated carbocycles. The van der Waals surface area contributed by atoms with Crippen molar-refractivity contribution in [3.8, 4) is 122 Å². The van der Waals surface area contributed by atoms with Crippen molar-refractivity contribution < 1.29 is 33.8 Å². The van der Waals surface area contributed by atoms with E-state index >= 15 is 0 Å². The number of para-hydroxylation sites is 2. The second kappa shape index (κ2) is 33.2. The normalized spacial score (nSPS) is 13.1. The van der Waals surface area contributed by atoms with Crippen LogP contribution in [0.25, 0.3) is 253 Å². The van der Waals surface area contributed by atoms with Crippen LogP contribution in [0.4, 0.5) is 0 Å². The highest BCUT2D eigenvalue weighted by atomic mass is 16.3. The molecule has 130 heavy (non-hydrogen) atoms. The standard InChI is InChI=1S/2C44H28O.C38H24O.CH4/c1-3-13-29(14-4-1)33-21-11-23-39-43(33)44-34(22-12-24-40(44)45-39)30-25-27-32(28-26-30)42-37-19-9-7-17-35(37)41(31-15-5-2-6-16-31)36-18-8-10-20-38(36)42;1-3-13-29(14-4-1)33-27-28-40-44(38-21-11-12-22-39(38)45-40)43(33)32-25-23-31(24-26-32)42-36-19-9-7-17-34(36)41(30-15-5-2-6-16-30)35-18-8-10-20-37(35)42;1-2-11-26(12-3-1)36-29-13-4-6-15-31(29)37(32-16-7-5-14-30(32)36)27-23-21-25(22-24-27)28-18-10-20-35-38(28)33-17-8-9-19-34(33)39-35;/h2*1-28H;1-24H;1H4/i2*2D,5D,6D,15D,16D;1D,2D,3D,11D,12D;. The third-order valence-electron chi connectivity index (χ3n) is 25.1. The summed E-state index contributed by atoms with van der Waals surface area (Å²) in [4.78, 5) is 0. The molecule has 0 bridgehead atoms. The third-order valence-corrected chi connectivity index (χ3v) is 25.1. The minimum atomic E-state index is -0.399. The summed E-state index contributed by atoms with van der Waals surface area (Å²) >= 11 is 0. The number of furan rings is 3. The van der Waals surface area contributed by atoms with E-state index in [0.29, 0.717) is 16.7 Å². The minimum absolute atomic E-state index is 0. The summed E-state index contributed by atoms with van der Waals surface area (Å²) in [5, 5.41) is 17.1. The van der Waals surface area contributed by atoms with Gasteiger partial charge in [-0.25, -0.2) is 0 Å². The molecule has 610 valence electrons. The van der Waals surface area contributed by atoms with Gasteiger partial charge in [0.05, 0.1) is 20.6 Å². The molecule has 3 aromatic heterocycles. The van der Waals surface area contributed by atoms with Gasteiger partial charge in [-0.1, -0.05) is 456 Å². The van der Waals surface area contributed by atoms with E-state index in [4.69, 9.17) is 33.8 Å². The SMILES string of the molecule is C.[2H]c1c([2H])c([2H])c(-c2c3ccccc3c(-c3ccc(-c4c(-c5ccccc5)ccc5oc6ccccc6c45)cc3)c3ccccc23)c([2H])c1[2H].[2H]c1c([2H])c([2H])c(-c2c3ccccc3c(-c3ccc(-c4cccc5oc6cccc(-c7ccccc7)c6c45)cc3)c3ccccc23)c([2H])c1[2H].[2H]c1c([2H])c([2H])c(-c2c3ccccc3c(-c3ccc(-c4cccc5oc6ccccc6c45)cc3)c3ccccc23)c([2H])c1[2H]. The van der Waals surface area contributed by atoms with Crippen LogP contribution < -0.4 is 0 Å². The van der Waals surface area contributed by atoms with E-state index in [0.717, 1.165) is 219 Å². The summed E-state index contributed by atoms with van der Waals surface area (Å²) in [6.07, 6.45) is 0. The van der Waals surface area contributed by atoms with E-state index in [-0.39, 0.29) is 96.6 Å². The molecule has 3 nitrogen and oxygen atoms in total.